The molecule has 18 heavy (non-hydrogen) atoms. The minimum Gasteiger partial charge on any atom is -0.463 e. The van der Waals surface area contributed by atoms with Crippen LogP contribution in [-0.2, 0) is 9.53 Å². The van der Waals surface area contributed by atoms with E-state index in [1.54, 1.807) is 0 Å². The maximum absolute atomic E-state index is 10.8. The first-order valence-electron chi connectivity index (χ1n) is 6.63. The van der Waals surface area contributed by atoms with Gasteiger partial charge < -0.3 is 4.74 Å². The molecule has 0 rings (SSSR count). The number of rotatable bonds is 11. The summed E-state index contributed by atoms with van der Waals surface area (Å²) in [7, 11) is 1.13. The van der Waals surface area contributed by atoms with E-state index in [1.807, 2.05) is 0 Å². The quantitative estimate of drug-likeness (QED) is 0.174. The zero-order valence-corrected chi connectivity index (χ0v) is 16.4. The van der Waals surface area contributed by atoms with Crippen molar-refractivity contribution in [1.29, 1.82) is 0 Å². The molecule has 0 aromatic rings. The minimum absolute atomic E-state index is 0.245. The minimum atomic E-state index is -0.314. The molecule has 0 aliphatic carbocycles. The third kappa shape index (κ3) is 14.4. The van der Waals surface area contributed by atoms with Crippen molar-refractivity contribution in [2.45, 2.75) is 54.2 Å². The van der Waals surface area contributed by atoms with Crippen molar-refractivity contribution < 1.29 is 9.53 Å². The molecule has 0 fully saturated rings. The molecule has 106 valence electrons. The smallest absolute Gasteiger partial charge is 0.330 e. The molecule has 0 N–H and O–H groups in total. The van der Waals surface area contributed by atoms with Crippen LogP contribution in [0.3, 0.4) is 0 Å². The number of alkyl halides is 2. The van der Waals surface area contributed by atoms with E-state index in [4.69, 9.17) is 4.74 Å². The number of hydrogen-bond acceptors (Lipinski definition) is 2. The van der Waals surface area contributed by atoms with Crippen LogP contribution in [0.5, 0.6) is 0 Å². The average Bonchev–Trinajstić information content (AvgIpc) is 2.29. The number of carbonyl (C=O) groups excluding carboxylic acids is 1. The van der Waals surface area contributed by atoms with E-state index in [1.165, 1.54) is 44.6 Å². The van der Waals surface area contributed by atoms with Crippen molar-refractivity contribution in [2.24, 2.45) is 0 Å². The molecule has 0 atom stereocenters. The van der Waals surface area contributed by atoms with Gasteiger partial charge in [0.25, 0.3) is 0 Å². The van der Waals surface area contributed by atoms with E-state index >= 15 is 0 Å². The molecule has 0 aromatic carbocycles. The highest BCUT2D eigenvalue weighted by Crippen LogP contribution is 2.28. The molecule has 0 spiro atoms. The SMILES string of the molecule is C=CC(=O)OCCCCCCCCCC([SiH3])(Br)Br. The summed E-state index contributed by atoms with van der Waals surface area (Å²) in [6.07, 6.45) is 11.0. The summed E-state index contributed by atoms with van der Waals surface area (Å²) in [6.45, 7) is 3.88. The Morgan fingerprint density at radius 3 is 2.11 bits per heavy atom. The first kappa shape index (κ1) is 18.4. The van der Waals surface area contributed by atoms with Gasteiger partial charge in [-0.05, 0) is 12.8 Å². The van der Waals surface area contributed by atoms with Crippen LogP contribution in [0.2, 0.25) is 0 Å². The van der Waals surface area contributed by atoms with Crippen LogP contribution in [-0.4, -0.2) is 25.7 Å². The fourth-order valence-electron chi connectivity index (χ4n) is 1.65. The molecule has 0 heterocycles. The summed E-state index contributed by atoms with van der Waals surface area (Å²) in [5, 5.41) is 0. The van der Waals surface area contributed by atoms with Crippen molar-refractivity contribution >= 4 is 48.1 Å². The van der Waals surface area contributed by atoms with Gasteiger partial charge in [-0.2, -0.15) is 0 Å². The van der Waals surface area contributed by atoms with Crippen LogP contribution in [0.4, 0.5) is 0 Å². The second-order valence-electron chi connectivity index (χ2n) is 4.67. The Balaban J connectivity index is 3.12. The first-order chi connectivity index (χ1) is 8.45. The van der Waals surface area contributed by atoms with Crippen LogP contribution in [0.1, 0.15) is 51.4 Å². The highest BCUT2D eigenvalue weighted by atomic mass is 79.9. The fraction of sp³-hybridized carbons (Fsp3) is 0.769. The van der Waals surface area contributed by atoms with Crippen molar-refractivity contribution in [2.75, 3.05) is 6.61 Å². The highest BCUT2D eigenvalue weighted by Gasteiger charge is 2.13. The molecule has 0 radical (unpaired) electrons. The summed E-state index contributed by atoms with van der Waals surface area (Å²) < 4.78 is 5.16. The van der Waals surface area contributed by atoms with Gasteiger partial charge in [0.15, 0.2) is 0 Å². The Bertz CT molecular complexity index is 240. The van der Waals surface area contributed by atoms with Gasteiger partial charge in [0.05, 0.1) is 9.46 Å². The summed E-state index contributed by atoms with van der Waals surface area (Å²) in [5.41, 5.74) is 0. The molecule has 0 unspecified atom stereocenters. The lowest BCUT2D eigenvalue weighted by molar-refractivity contribution is -0.137. The largest absolute Gasteiger partial charge is 0.463 e. The molecule has 0 amide bonds. The first-order valence-corrected chi connectivity index (χ1v) is 9.21. The Kier molecular flexibility index (Phi) is 11.5. The van der Waals surface area contributed by atoms with Crippen molar-refractivity contribution in [3.05, 3.63) is 12.7 Å². The van der Waals surface area contributed by atoms with E-state index in [-0.39, 0.29) is 8.83 Å². The van der Waals surface area contributed by atoms with E-state index < -0.39 is 0 Å². The molecular formula is C13H24Br2O2Si. The van der Waals surface area contributed by atoms with Gasteiger partial charge in [0, 0.05) is 16.3 Å². The van der Waals surface area contributed by atoms with E-state index in [0.29, 0.717) is 6.61 Å². The standard InChI is InChI=1S/C13H24Br2O2Si/c1-2-12(16)17-11-9-7-5-3-4-6-8-10-13(14,15)18/h2H,1,3-11H2,18H3. The Hall–Kier alpha value is 0.387. The summed E-state index contributed by atoms with van der Waals surface area (Å²) >= 11 is 7.27. The fourth-order valence-corrected chi connectivity index (χ4v) is 2.57. The van der Waals surface area contributed by atoms with Crippen LogP contribution in [0.15, 0.2) is 12.7 Å². The molecule has 0 saturated carbocycles. The number of carbonyl (C=O) groups is 1. The lowest BCUT2D eigenvalue weighted by Gasteiger charge is -2.13. The normalized spacial score (nSPS) is 11.4. The van der Waals surface area contributed by atoms with E-state index in [2.05, 4.69) is 38.4 Å². The Labute approximate surface area is 131 Å². The number of hydrogen-bond donors (Lipinski definition) is 0. The second kappa shape index (κ2) is 11.2. The van der Waals surface area contributed by atoms with E-state index in [0.717, 1.165) is 23.1 Å². The van der Waals surface area contributed by atoms with Gasteiger partial charge in [-0.3, -0.25) is 0 Å². The van der Waals surface area contributed by atoms with Crippen molar-refractivity contribution in [1.82, 2.24) is 0 Å². The highest BCUT2D eigenvalue weighted by molar-refractivity contribution is 9.26. The van der Waals surface area contributed by atoms with Crippen LogP contribution in [0.25, 0.3) is 0 Å². The molecule has 2 nitrogen and oxygen atoms in total. The molecular weight excluding hydrogens is 376 g/mol. The van der Waals surface area contributed by atoms with E-state index in [9.17, 15) is 4.79 Å². The molecule has 0 aliphatic heterocycles. The van der Waals surface area contributed by atoms with Crippen molar-refractivity contribution in [3.63, 3.8) is 0 Å². The summed E-state index contributed by atoms with van der Waals surface area (Å²) in [5.74, 6) is -0.314. The number of esters is 1. The summed E-state index contributed by atoms with van der Waals surface area (Å²) in [6, 6.07) is 0. The van der Waals surface area contributed by atoms with Crippen LogP contribution in [0, 0.1) is 0 Å². The lowest BCUT2D eigenvalue weighted by atomic mass is 10.1. The number of halogens is 2. The number of ether oxygens (including phenoxy) is 1. The predicted octanol–water partition coefficient (Wildman–Crippen LogP) is 3.65. The second-order valence-corrected chi connectivity index (χ2v) is 13.9. The maximum Gasteiger partial charge on any atom is 0.330 e. The average molecular weight is 400 g/mol. The molecule has 0 aliphatic rings. The van der Waals surface area contributed by atoms with Gasteiger partial charge in [-0.1, -0.05) is 77.0 Å². The molecule has 5 heteroatoms. The summed E-state index contributed by atoms with van der Waals surface area (Å²) in [4.78, 5) is 10.8. The molecule has 0 saturated heterocycles. The maximum atomic E-state index is 10.8. The monoisotopic (exact) mass is 398 g/mol. The van der Waals surface area contributed by atoms with Gasteiger partial charge in [0.2, 0.25) is 0 Å². The third-order valence-electron chi connectivity index (χ3n) is 2.67. The van der Waals surface area contributed by atoms with Crippen LogP contribution >= 0.6 is 31.9 Å². The van der Waals surface area contributed by atoms with Gasteiger partial charge in [-0.25, -0.2) is 4.79 Å². The van der Waals surface area contributed by atoms with Gasteiger partial charge in [-0.15, -0.1) is 0 Å². The number of unbranched alkanes of at least 4 members (excludes halogenated alkanes) is 6. The zero-order chi connectivity index (χ0) is 13.9. The van der Waals surface area contributed by atoms with Crippen molar-refractivity contribution in [3.8, 4) is 0 Å². The predicted molar refractivity (Wildman–Crippen MR) is 88.6 cm³/mol. The third-order valence-corrected chi connectivity index (χ3v) is 3.96. The molecule has 0 aromatic heterocycles. The zero-order valence-electron chi connectivity index (χ0n) is 11.2. The van der Waals surface area contributed by atoms with Crippen LogP contribution < -0.4 is 0 Å². The molecule has 0 bridgehead atoms. The Morgan fingerprint density at radius 2 is 1.61 bits per heavy atom. The topological polar surface area (TPSA) is 26.3 Å². The van der Waals surface area contributed by atoms with Gasteiger partial charge >= 0.3 is 5.97 Å². The Morgan fingerprint density at radius 1 is 1.11 bits per heavy atom. The lowest BCUT2D eigenvalue weighted by Crippen LogP contribution is -2.09. The van der Waals surface area contributed by atoms with Gasteiger partial charge in [0.1, 0.15) is 0 Å².